The van der Waals surface area contributed by atoms with Crippen molar-refractivity contribution in [2.45, 2.75) is 0 Å². The lowest BCUT2D eigenvalue weighted by atomic mass is 10.3. The maximum Gasteiger partial charge on any atom is 0.171 e. The number of carbonyl (C=O) groups excluding carboxylic acids is 1. The van der Waals surface area contributed by atoms with Crippen molar-refractivity contribution in [3.05, 3.63) is 40.6 Å². The Morgan fingerprint density at radius 2 is 2.14 bits per heavy atom. The van der Waals surface area contributed by atoms with E-state index < -0.39 is 0 Å². The summed E-state index contributed by atoms with van der Waals surface area (Å²) in [5.41, 5.74) is 1.17. The molecule has 0 spiro atoms. The molecule has 14 heavy (non-hydrogen) atoms. The molecule has 5 heteroatoms. The fourth-order valence-corrected chi connectivity index (χ4v) is 1.55. The normalized spacial score (nSPS) is 10.1. The van der Waals surface area contributed by atoms with Crippen LogP contribution >= 0.6 is 15.9 Å². The Morgan fingerprint density at radius 3 is 2.79 bits per heavy atom. The Bertz CT molecular complexity index is 467. The predicted molar refractivity (Wildman–Crippen MR) is 54.4 cm³/mol. The summed E-state index contributed by atoms with van der Waals surface area (Å²) in [7, 11) is 0. The van der Waals surface area contributed by atoms with Gasteiger partial charge in [-0.25, -0.2) is 4.68 Å². The molecule has 4 nitrogen and oxygen atoms in total. The zero-order valence-electron chi connectivity index (χ0n) is 7.09. The molecule has 1 aromatic carbocycles. The molecule has 0 radical (unpaired) electrons. The molecule has 0 fully saturated rings. The van der Waals surface area contributed by atoms with Gasteiger partial charge in [-0.1, -0.05) is 17.3 Å². The van der Waals surface area contributed by atoms with Crippen molar-refractivity contribution in [3.63, 3.8) is 0 Å². The van der Waals surface area contributed by atoms with Crippen LogP contribution in [0.2, 0.25) is 0 Å². The second-order valence-corrected chi connectivity index (χ2v) is 3.51. The van der Waals surface area contributed by atoms with E-state index in [1.54, 1.807) is 10.9 Å². The Hall–Kier alpha value is -1.49. The molecule has 2 rings (SSSR count). The van der Waals surface area contributed by atoms with Crippen molar-refractivity contribution in [2.75, 3.05) is 0 Å². The van der Waals surface area contributed by atoms with E-state index in [4.69, 9.17) is 0 Å². The van der Waals surface area contributed by atoms with E-state index in [-0.39, 0.29) is 0 Å². The fraction of sp³-hybridized carbons (Fsp3) is 0. The number of aromatic nitrogens is 3. The molecule has 0 aliphatic heterocycles. The molecule has 0 aliphatic carbocycles. The summed E-state index contributed by atoms with van der Waals surface area (Å²) in [5.74, 6) is 0. The van der Waals surface area contributed by atoms with Gasteiger partial charge in [-0.05, 0) is 28.1 Å². The summed E-state index contributed by atoms with van der Waals surface area (Å²) in [6.07, 6.45) is 2.24. The number of benzene rings is 1. The first-order chi connectivity index (χ1) is 6.81. The third kappa shape index (κ3) is 1.58. The van der Waals surface area contributed by atoms with Crippen molar-refractivity contribution in [3.8, 4) is 5.69 Å². The minimum absolute atomic E-state index is 0.320. The van der Waals surface area contributed by atoms with E-state index in [1.165, 1.54) is 0 Å². The molecule has 1 heterocycles. The van der Waals surface area contributed by atoms with Gasteiger partial charge in [0.15, 0.2) is 6.29 Å². The first-order valence-electron chi connectivity index (χ1n) is 3.93. The summed E-state index contributed by atoms with van der Waals surface area (Å²) in [5, 5.41) is 7.50. The smallest absolute Gasteiger partial charge is 0.171 e. The fourth-order valence-electron chi connectivity index (χ4n) is 1.09. The summed E-state index contributed by atoms with van der Waals surface area (Å²) < 4.78 is 2.45. The lowest BCUT2D eigenvalue weighted by molar-refractivity contribution is 0.111. The monoisotopic (exact) mass is 251 g/mol. The molecule has 0 unspecified atom stereocenters. The number of hydrogen-bond acceptors (Lipinski definition) is 3. The molecule has 0 saturated heterocycles. The Morgan fingerprint density at radius 1 is 1.36 bits per heavy atom. The predicted octanol–water partition coefficient (Wildman–Crippen LogP) is 1.84. The maximum atomic E-state index is 10.4. The largest absolute Gasteiger partial charge is 0.296 e. The zero-order chi connectivity index (χ0) is 9.97. The summed E-state index contributed by atoms with van der Waals surface area (Å²) in [6, 6.07) is 7.58. The second-order valence-electron chi connectivity index (χ2n) is 2.66. The van der Waals surface area contributed by atoms with E-state index in [0.29, 0.717) is 12.0 Å². The highest BCUT2D eigenvalue weighted by atomic mass is 79.9. The Balaban J connectivity index is 2.49. The highest BCUT2D eigenvalue weighted by Crippen LogP contribution is 2.19. The number of hydrogen-bond donors (Lipinski definition) is 0. The summed E-state index contributed by atoms with van der Waals surface area (Å²) in [6.45, 7) is 0. The van der Waals surface area contributed by atoms with Crippen LogP contribution in [0.15, 0.2) is 34.9 Å². The van der Waals surface area contributed by atoms with Crippen molar-refractivity contribution in [1.82, 2.24) is 15.0 Å². The molecule has 0 N–H and O–H groups in total. The first-order valence-corrected chi connectivity index (χ1v) is 4.73. The molecular weight excluding hydrogens is 246 g/mol. The Kier molecular flexibility index (Phi) is 2.41. The van der Waals surface area contributed by atoms with E-state index in [0.717, 1.165) is 10.2 Å². The van der Waals surface area contributed by atoms with Crippen molar-refractivity contribution >= 4 is 22.2 Å². The number of halogens is 1. The molecule has 70 valence electrons. The molecule has 0 bridgehead atoms. The lowest BCUT2D eigenvalue weighted by Crippen LogP contribution is -1.95. The van der Waals surface area contributed by atoms with Crippen LogP contribution in [0.5, 0.6) is 0 Å². The van der Waals surface area contributed by atoms with Crippen molar-refractivity contribution < 1.29 is 4.79 Å². The van der Waals surface area contributed by atoms with E-state index in [9.17, 15) is 4.79 Å². The highest BCUT2D eigenvalue weighted by molar-refractivity contribution is 9.10. The van der Waals surface area contributed by atoms with Crippen LogP contribution in [0.3, 0.4) is 0 Å². The Labute approximate surface area is 88.7 Å². The van der Waals surface area contributed by atoms with E-state index in [2.05, 4.69) is 26.2 Å². The van der Waals surface area contributed by atoms with Crippen LogP contribution in [0.4, 0.5) is 0 Å². The highest BCUT2D eigenvalue weighted by Gasteiger charge is 2.03. The van der Waals surface area contributed by atoms with Crippen molar-refractivity contribution in [2.24, 2.45) is 0 Å². The summed E-state index contributed by atoms with van der Waals surface area (Å²) in [4.78, 5) is 10.4. The van der Waals surface area contributed by atoms with Gasteiger partial charge in [-0.15, -0.1) is 5.10 Å². The average Bonchev–Trinajstić information content (AvgIpc) is 2.67. The van der Waals surface area contributed by atoms with E-state index >= 15 is 0 Å². The SMILES string of the molecule is O=Cc1cn(-c2ccccc2Br)nn1. The number of rotatable bonds is 2. The molecule has 1 aromatic heterocycles. The topological polar surface area (TPSA) is 47.8 Å². The standard InChI is InChI=1S/C9H6BrN3O/c10-8-3-1-2-4-9(8)13-5-7(6-14)11-12-13/h1-6H. The van der Waals surface area contributed by atoms with Gasteiger partial charge in [-0.3, -0.25) is 4.79 Å². The van der Waals surface area contributed by atoms with Crippen LogP contribution in [-0.4, -0.2) is 21.3 Å². The van der Waals surface area contributed by atoms with Crippen LogP contribution in [-0.2, 0) is 0 Å². The molecule has 0 aliphatic rings. The van der Waals surface area contributed by atoms with Gasteiger partial charge in [0, 0.05) is 4.47 Å². The minimum atomic E-state index is 0.320. The van der Waals surface area contributed by atoms with E-state index in [1.807, 2.05) is 24.3 Å². The van der Waals surface area contributed by atoms with Gasteiger partial charge in [-0.2, -0.15) is 0 Å². The van der Waals surface area contributed by atoms with Gasteiger partial charge < -0.3 is 0 Å². The maximum absolute atomic E-state index is 10.4. The summed E-state index contributed by atoms with van der Waals surface area (Å²) >= 11 is 3.39. The van der Waals surface area contributed by atoms with Crippen LogP contribution < -0.4 is 0 Å². The number of aldehydes is 1. The van der Waals surface area contributed by atoms with Crippen molar-refractivity contribution in [1.29, 1.82) is 0 Å². The van der Waals surface area contributed by atoms with Gasteiger partial charge in [0.1, 0.15) is 5.69 Å². The van der Waals surface area contributed by atoms with Gasteiger partial charge in [0.25, 0.3) is 0 Å². The number of carbonyl (C=O) groups is 1. The molecule has 0 atom stereocenters. The number of para-hydroxylation sites is 1. The van der Waals surface area contributed by atoms with Crippen LogP contribution in [0.25, 0.3) is 5.69 Å². The zero-order valence-corrected chi connectivity index (χ0v) is 8.68. The van der Waals surface area contributed by atoms with Gasteiger partial charge in [0.2, 0.25) is 0 Å². The average molecular weight is 252 g/mol. The van der Waals surface area contributed by atoms with Crippen LogP contribution in [0, 0.1) is 0 Å². The second kappa shape index (κ2) is 3.71. The third-order valence-electron chi connectivity index (χ3n) is 1.73. The molecular formula is C9H6BrN3O. The number of nitrogens with zero attached hydrogens (tertiary/aromatic N) is 3. The molecule has 2 aromatic rings. The van der Waals surface area contributed by atoms with Gasteiger partial charge in [0.05, 0.1) is 11.9 Å². The third-order valence-corrected chi connectivity index (χ3v) is 2.40. The quantitative estimate of drug-likeness (QED) is 0.766. The van der Waals surface area contributed by atoms with Gasteiger partial charge >= 0.3 is 0 Å². The minimum Gasteiger partial charge on any atom is -0.296 e. The van der Waals surface area contributed by atoms with Crippen LogP contribution in [0.1, 0.15) is 10.5 Å². The molecule has 0 saturated carbocycles. The first kappa shape index (κ1) is 9.08. The molecule has 0 amide bonds. The lowest BCUT2D eigenvalue weighted by Gasteiger charge is -2.01.